The van der Waals surface area contributed by atoms with E-state index in [0.29, 0.717) is 130 Å². The monoisotopic (exact) mass is 1980 g/mol. The lowest BCUT2D eigenvalue weighted by Crippen LogP contribution is -2.31. The van der Waals surface area contributed by atoms with Crippen molar-refractivity contribution >= 4 is 80.9 Å². The van der Waals surface area contributed by atoms with Gasteiger partial charge in [-0.15, -0.1) is 0 Å². The molecule has 0 bridgehead atoms. The Morgan fingerprint density at radius 2 is 0.755 bits per heavy atom. The first-order valence-corrected chi connectivity index (χ1v) is 45.1. The van der Waals surface area contributed by atoms with E-state index in [1.54, 1.807) is 112 Å². The summed E-state index contributed by atoms with van der Waals surface area (Å²) in [7, 11) is 0. The van der Waals surface area contributed by atoms with Crippen molar-refractivity contribution in [3.8, 4) is 128 Å². The van der Waals surface area contributed by atoms with Gasteiger partial charge in [0.2, 0.25) is 35.3 Å². The number of carbonyl (C=O) groups is 4. The van der Waals surface area contributed by atoms with Gasteiger partial charge in [-0.2, -0.15) is 4.98 Å². The van der Waals surface area contributed by atoms with Gasteiger partial charge < -0.3 is 110 Å². The van der Waals surface area contributed by atoms with Crippen molar-refractivity contribution < 1.29 is 79.7 Å². The van der Waals surface area contributed by atoms with Crippen LogP contribution in [0.3, 0.4) is 0 Å². The maximum atomic E-state index is 11.2. The number of primary amides is 2. The van der Waals surface area contributed by atoms with Crippen LogP contribution < -0.4 is 87.0 Å². The average Bonchev–Trinajstić information content (AvgIpc) is 1.67. The molecule has 41 heteroatoms. The van der Waals surface area contributed by atoms with Crippen LogP contribution in [0.25, 0.3) is 54.4 Å². The van der Waals surface area contributed by atoms with Crippen molar-refractivity contribution in [2.75, 3.05) is 11.1 Å². The summed E-state index contributed by atoms with van der Waals surface area (Å²) in [5, 5.41) is 39.1. The SMILES string of the molecule is C.C.C.C.C=C(C)NC(C)c1nc(-c2cnc(Oc3ccc(N)c(Cl)c3)s2)no1.CC(=O)NC(C)c1cc(-c2cnc(Oc3ccc(NC(C)C)cc3)s2)no1.CC(=O)NC(C)c1cc(-c2cnc(Oc3ccc(OC(C)C)cc3)s2)no1.CC(C)Oc1ccc(Oc2ccc(-c3cc(C(C)NC(N)=O)on3)cc2)cc1.CC(C)Oc1ccc(Oc2ccc(-c3cc(C(C)NC(N)=O)on3)cn2)cn1. The second-order valence-corrected chi connectivity index (χ2v) is 34.4. The summed E-state index contributed by atoms with van der Waals surface area (Å²) < 4.78 is 72.0. The number of allylic oxidation sites excluding steroid dienone is 1. The molecule has 10 heterocycles. The molecule has 5 aromatic carbocycles. The van der Waals surface area contributed by atoms with Crippen LogP contribution >= 0.6 is 45.6 Å². The normalized spacial score (nSPS) is 11.6. The number of nitrogen functional groups attached to an aromatic ring is 1. The third-order valence-corrected chi connectivity index (χ3v) is 20.8. The van der Waals surface area contributed by atoms with E-state index in [9.17, 15) is 19.2 Å². The smallest absolute Gasteiger partial charge is 0.312 e. The molecule has 0 aliphatic rings. The molecule has 0 saturated carbocycles. The number of aromatic nitrogens is 11. The third kappa shape index (κ3) is 35.0. The number of halogens is 1. The van der Waals surface area contributed by atoms with Crippen LogP contribution in [-0.4, -0.2) is 104 Å². The van der Waals surface area contributed by atoms with Crippen molar-refractivity contribution in [2.45, 2.75) is 195 Å². The first-order chi connectivity index (χ1) is 64.5. The molecule has 0 saturated heterocycles. The summed E-state index contributed by atoms with van der Waals surface area (Å²) in [4.78, 5) is 72.2. The van der Waals surface area contributed by atoms with Gasteiger partial charge >= 0.3 is 12.1 Å². The predicted molar refractivity (Wildman–Crippen MR) is 538 cm³/mol. The van der Waals surface area contributed by atoms with E-state index in [-0.39, 0.29) is 90.0 Å². The largest absolute Gasteiger partial charge is 0.491 e. The molecule has 738 valence electrons. The quantitative estimate of drug-likeness (QED) is 0.0169. The fraction of sp³-hybridized carbons (Fsp3) is 0.296. The number of rotatable bonds is 34. The Labute approximate surface area is 824 Å². The summed E-state index contributed by atoms with van der Waals surface area (Å²) in [6.45, 7) is 33.7. The number of thiazole rings is 3. The standard InChI is InChI=1S/C21H23N3O4.C19H21N5O4.C19H22N4O3S.C19H21N3O4S.C16H16ClN5O2S.4CH4/c1-13(2)26-16-8-10-18(11-9-16)27-17-6-4-15(5-7-17)19-12-20(28-24-19)14(3)23-21(22)25;1-11(2)26-17-7-5-14(10-22-17)27-18-6-4-13(9-21-18)15-8-16(28-24-15)12(3)23-19(20)25;1-11(2)21-14-5-7-15(8-6-14)25-19-20-10-18(27-19)16-9-17(26-23-16)12(3)22-13(4)24;1-11(2)24-14-5-7-15(8-6-14)25-19-20-10-18(27-19)16-9-17(26-22-16)12(3)21-13(4)23;1-8(2)20-9(3)15-21-14(22-24-15)13-7-19-16(25-13)23-10-4-5-12(18)11(17)6-10;;;;/h4-14H,1-3H3,(H3,22,23,25);4-12H,1-3H3,(H3,20,23,25);5-12,21H,1-4H3,(H,22,24);5-12H,1-4H3,(H,21,23);4-7,9,20H,1,18H2,2-3H3;4*1H4. The van der Waals surface area contributed by atoms with Crippen molar-refractivity contribution in [3.63, 3.8) is 0 Å². The summed E-state index contributed by atoms with van der Waals surface area (Å²) in [5.74, 6) is 9.31. The molecule has 139 heavy (non-hydrogen) atoms. The van der Waals surface area contributed by atoms with Gasteiger partial charge in [-0.1, -0.05) is 108 Å². The van der Waals surface area contributed by atoms with Crippen molar-refractivity contribution in [3.05, 3.63) is 241 Å². The lowest BCUT2D eigenvalue weighted by molar-refractivity contribution is -0.120. The predicted octanol–water partition coefficient (Wildman–Crippen LogP) is 24.2. The first-order valence-electron chi connectivity index (χ1n) is 42.2. The Morgan fingerprint density at radius 3 is 1.18 bits per heavy atom. The van der Waals surface area contributed by atoms with Crippen LogP contribution in [0.1, 0.15) is 200 Å². The van der Waals surface area contributed by atoms with Gasteiger partial charge in [-0.25, -0.2) is 34.5 Å². The highest BCUT2D eigenvalue weighted by atomic mass is 35.5. The number of anilines is 2. The highest BCUT2D eigenvalue weighted by molar-refractivity contribution is 7.17. The van der Waals surface area contributed by atoms with E-state index in [4.69, 9.17) is 89.3 Å². The number of amides is 6. The van der Waals surface area contributed by atoms with Crippen molar-refractivity contribution in [1.82, 2.24) is 82.3 Å². The van der Waals surface area contributed by atoms with Crippen molar-refractivity contribution in [1.29, 1.82) is 0 Å². The number of hydrogen-bond donors (Lipinski definition) is 9. The molecule has 0 aliphatic heterocycles. The molecule has 6 amide bonds. The van der Waals surface area contributed by atoms with E-state index < -0.39 is 12.1 Å². The third-order valence-electron chi connectivity index (χ3n) is 17.8. The molecule has 0 radical (unpaired) electrons. The summed E-state index contributed by atoms with van der Waals surface area (Å²) in [6, 6.07) is 47.0. The molecule has 0 fully saturated rings. The number of nitrogens with one attached hydrogen (secondary N) is 6. The lowest BCUT2D eigenvalue weighted by atomic mass is 10.1. The zero-order valence-electron chi connectivity index (χ0n) is 76.6. The number of pyridine rings is 2. The van der Waals surface area contributed by atoms with Gasteiger partial charge in [-0.05, 0) is 218 Å². The summed E-state index contributed by atoms with van der Waals surface area (Å²) in [6.07, 6.45) is 8.51. The molecule has 0 aliphatic carbocycles. The topological polar surface area (TPSA) is 500 Å². The number of nitrogens with two attached hydrogens (primary N) is 3. The van der Waals surface area contributed by atoms with Crippen LogP contribution in [-0.2, 0) is 9.59 Å². The summed E-state index contributed by atoms with van der Waals surface area (Å²) >= 11 is 10.0. The maximum Gasteiger partial charge on any atom is 0.312 e. The minimum atomic E-state index is -0.632. The van der Waals surface area contributed by atoms with Gasteiger partial charge in [0, 0.05) is 91.1 Å². The Hall–Kier alpha value is -15.4. The second-order valence-electron chi connectivity index (χ2n) is 31.0. The van der Waals surface area contributed by atoms with Crippen molar-refractivity contribution in [2.24, 2.45) is 11.5 Å². The zero-order chi connectivity index (χ0) is 96.9. The first kappa shape index (κ1) is 111. The van der Waals surface area contributed by atoms with Gasteiger partial charge in [0.1, 0.15) is 74.8 Å². The number of nitrogens with zero attached hydrogens (tertiary/aromatic N) is 11. The van der Waals surface area contributed by atoms with Crippen LogP contribution in [0.15, 0.2) is 230 Å². The molecule has 5 unspecified atom stereocenters. The second kappa shape index (κ2) is 53.2. The minimum Gasteiger partial charge on any atom is -0.491 e. The fourth-order valence-corrected chi connectivity index (χ4v) is 14.2. The number of urea groups is 2. The van der Waals surface area contributed by atoms with Crippen LogP contribution in [0.2, 0.25) is 5.02 Å². The highest BCUT2D eigenvalue weighted by Gasteiger charge is 2.23. The molecular weight excluding hydrogens is 1860 g/mol. The molecule has 12 N–H and O–H groups in total. The molecule has 5 atom stereocenters. The van der Waals surface area contributed by atoms with E-state index >= 15 is 0 Å². The van der Waals surface area contributed by atoms with E-state index in [0.717, 1.165) is 54.4 Å². The molecule has 15 aromatic rings. The molecular formula is C98H119ClN20O17S3. The Bertz CT molecular complexity index is 6020. The number of carbonyl (C=O) groups excluding carboxylic acids is 4. The molecule has 37 nitrogen and oxygen atoms in total. The Balaban J connectivity index is 0.000000235. The van der Waals surface area contributed by atoms with Crippen LogP contribution in [0.4, 0.5) is 21.0 Å². The molecule has 10 aromatic heterocycles. The van der Waals surface area contributed by atoms with Gasteiger partial charge in [0.25, 0.3) is 15.6 Å². The maximum absolute atomic E-state index is 11.2. The molecule has 0 spiro atoms. The highest BCUT2D eigenvalue weighted by Crippen LogP contribution is 2.39. The summed E-state index contributed by atoms with van der Waals surface area (Å²) in [5.41, 5.74) is 22.4. The van der Waals surface area contributed by atoms with Gasteiger partial charge in [0.15, 0.2) is 23.0 Å². The number of hydrogen-bond acceptors (Lipinski definition) is 34. The fourth-order valence-electron chi connectivity index (χ4n) is 11.8. The molecule has 15 rings (SSSR count). The van der Waals surface area contributed by atoms with Gasteiger partial charge in [0.05, 0.1) is 92.6 Å². The van der Waals surface area contributed by atoms with Gasteiger partial charge in [-0.3, -0.25) is 9.59 Å². The van der Waals surface area contributed by atoms with E-state index in [1.165, 1.54) is 47.9 Å². The minimum absolute atomic E-state index is 0. The Kier molecular flexibility index (Phi) is 42.3. The number of benzene rings is 5. The van der Waals surface area contributed by atoms with Crippen LogP contribution in [0, 0.1) is 0 Å². The average molecular weight is 1980 g/mol. The Morgan fingerprint density at radius 1 is 0.374 bits per heavy atom. The lowest BCUT2D eigenvalue weighted by Gasteiger charge is -2.10. The van der Waals surface area contributed by atoms with E-state index in [2.05, 4.69) is 108 Å². The zero-order valence-corrected chi connectivity index (χ0v) is 79.8. The number of ether oxygens (including phenoxy) is 8. The van der Waals surface area contributed by atoms with Crippen LogP contribution in [0.5, 0.6) is 73.3 Å². The van der Waals surface area contributed by atoms with E-state index in [1.807, 2.05) is 166 Å².